The van der Waals surface area contributed by atoms with Crippen molar-refractivity contribution in [3.63, 3.8) is 0 Å². The molecule has 148 valence electrons. The third-order valence-corrected chi connectivity index (χ3v) is 7.35. The minimum absolute atomic E-state index is 0.637. The van der Waals surface area contributed by atoms with Crippen molar-refractivity contribution in [3.05, 3.63) is 59.9 Å². The van der Waals surface area contributed by atoms with E-state index in [1.54, 1.807) is 5.56 Å². The molecule has 2 aliphatic heterocycles. The van der Waals surface area contributed by atoms with E-state index in [-0.39, 0.29) is 0 Å². The largest absolute Gasteiger partial charge is 0.370 e. The van der Waals surface area contributed by atoms with Gasteiger partial charge in [0.05, 0.1) is 0 Å². The lowest BCUT2D eigenvalue weighted by Crippen LogP contribution is -2.45. The van der Waals surface area contributed by atoms with Crippen molar-refractivity contribution in [2.75, 3.05) is 37.6 Å². The molecule has 1 aromatic carbocycles. The summed E-state index contributed by atoms with van der Waals surface area (Å²) in [5, 5.41) is 0. The predicted molar refractivity (Wildman–Crippen MR) is 116 cm³/mol. The number of rotatable bonds is 5. The highest BCUT2D eigenvalue weighted by atomic mass is 15.2. The maximum absolute atomic E-state index is 4.26. The molecule has 0 unspecified atom stereocenters. The summed E-state index contributed by atoms with van der Waals surface area (Å²) in [6.45, 7) is 6.18. The Morgan fingerprint density at radius 1 is 0.821 bits per heavy atom. The molecule has 0 spiro atoms. The highest BCUT2D eigenvalue weighted by Gasteiger charge is 2.29. The number of pyridine rings is 1. The van der Waals surface area contributed by atoms with Crippen molar-refractivity contribution in [2.45, 2.75) is 50.4 Å². The molecule has 3 heterocycles. The number of benzene rings is 1. The summed E-state index contributed by atoms with van der Waals surface area (Å²) in [6, 6.07) is 13.7. The van der Waals surface area contributed by atoms with Crippen LogP contribution in [0.25, 0.3) is 0 Å². The molecule has 1 saturated carbocycles. The molecule has 0 bridgehead atoms. The minimum atomic E-state index is 0.637. The maximum atomic E-state index is 4.26. The number of piperidine rings is 1. The van der Waals surface area contributed by atoms with Crippen LogP contribution >= 0.6 is 0 Å². The van der Waals surface area contributed by atoms with Crippen LogP contribution in [0.2, 0.25) is 0 Å². The first-order chi connectivity index (χ1) is 13.8. The van der Waals surface area contributed by atoms with Crippen molar-refractivity contribution in [1.82, 2.24) is 9.88 Å². The quantitative estimate of drug-likeness (QED) is 0.728. The second kappa shape index (κ2) is 8.24. The van der Waals surface area contributed by atoms with Crippen molar-refractivity contribution in [2.24, 2.45) is 5.92 Å². The molecule has 2 saturated heterocycles. The summed E-state index contributed by atoms with van der Waals surface area (Å²) in [4.78, 5) is 9.49. The normalized spacial score (nSPS) is 22.5. The van der Waals surface area contributed by atoms with Gasteiger partial charge in [-0.25, -0.2) is 0 Å². The van der Waals surface area contributed by atoms with Gasteiger partial charge in [0, 0.05) is 43.6 Å². The van der Waals surface area contributed by atoms with Gasteiger partial charge in [-0.1, -0.05) is 31.0 Å². The highest BCUT2D eigenvalue weighted by molar-refractivity contribution is 5.52. The molecule has 0 radical (unpaired) electrons. The van der Waals surface area contributed by atoms with Crippen LogP contribution < -0.4 is 4.90 Å². The van der Waals surface area contributed by atoms with Gasteiger partial charge in [0.1, 0.15) is 0 Å². The van der Waals surface area contributed by atoms with E-state index in [4.69, 9.17) is 0 Å². The van der Waals surface area contributed by atoms with Crippen LogP contribution in [0, 0.1) is 5.92 Å². The number of hydrogen-bond donors (Lipinski definition) is 0. The number of hydrogen-bond acceptors (Lipinski definition) is 3. The lowest BCUT2D eigenvalue weighted by molar-refractivity contribution is 0.183. The summed E-state index contributed by atoms with van der Waals surface area (Å²) in [6.07, 6.45) is 12.4. The first-order valence-electron chi connectivity index (χ1n) is 11.3. The molecule has 0 atom stereocenters. The van der Waals surface area contributed by atoms with Crippen molar-refractivity contribution >= 4 is 5.69 Å². The van der Waals surface area contributed by atoms with Crippen LogP contribution in [-0.2, 0) is 0 Å². The van der Waals surface area contributed by atoms with E-state index >= 15 is 0 Å². The summed E-state index contributed by atoms with van der Waals surface area (Å²) < 4.78 is 0. The SMILES string of the molecule is c1cncc(C2CN(c3ccc(C4CCN(CC5CCCC5)CC4)cc3)C2)c1. The standard InChI is InChI=1S/C25H33N3/c1-2-5-20(4-1)17-27-14-11-22(12-15-27)21-7-9-25(10-8-21)28-18-24(19-28)23-6-3-13-26-16-23/h3,6-10,13,16,20,22,24H,1-2,4-5,11-12,14-15,17-19H2. The third kappa shape index (κ3) is 3.96. The summed E-state index contributed by atoms with van der Waals surface area (Å²) in [5.41, 5.74) is 4.30. The van der Waals surface area contributed by atoms with Gasteiger partial charge in [-0.15, -0.1) is 0 Å². The molecule has 3 aliphatic rings. The molecule has 3 heteroatoms. The summed E-state index contributed by atoms with van der Waals surface area (Å²) >= 11 is 0. The number of nitrogens with zero attached hydrogens (tertiary/aromatic N) is 3. The monoisotopic (exact) mass is 375 g/mol. The molecule has 1 aromatic heterocycles. The molecule has 3 fully saturated rings. The first-order valence-corrected chi connectivity index (χ1v) is 11.3. The molecule has 1 aliphatic carbocycles. The Balaban J connectivity index is 1.11. The Bertz CT molecular complexity index is 737. The third-order valence-electron chi connectivity index (χ3n) is 7.35. The number of aromatic nitrogens is 1. The summed E-state index contributed by atoms with van der Waals surface area (Å²) in [7, 11) is 0. The lowest BCUT2D eigenvalue weighted by atomic mass is 9.88. The second-order valence-corrected chi connectivity index (χ2v) is 9.21. The fourth-order valence-electron chi connectivity index (χ4n) is 5.48. The van der Waals surface area contributed by atoms with Gasteiger partial charge in [0.15, 0.2) is 0 Å². The first kappa shape index (κ1) is 18.2. The number of likely N-dealkylation sites (tertiary alicyclic amines) is 1. The van der Waals surface area contributed by atoms with E-state index in [0.29, 0.717) is 5.92 Å². The van der Waals surface area contributed by atoms with Crippen LogP contribution in [0.5, 0.6) is 0 Å². The molecular weight excluding hydrogens is 342 g/mol. The van der Waals surface area contributed by atoms with Crippen molar-refractivity contribution in [1.29, 1.82) is 0 Å². The molecule has 28 heavy (non-hydrogen) atoms. The Labute approximate surface area is 169 Å². The topological polar surface area (TPSA) is 19.4 Å². The van der Waals surface area contributed by atoms with Crippen LogP contribution in [0.15, 0.2) is 48.8 Å². The Morgan fingerprint density at radius 3 is 2.25 bits per heavy atom. The molecule has 0 amide bonds. The average molecular weight is 376 g/mol. The van der Waals surface area contributed by atoms with E-state index in [9.17, 15) is 0 Å². The zero-order valence-corrected chi connectivity index (χ0v) is 17.0. The fourth-order valence-corrected chi connectivity index (χ4v) is 5.48. The minimum Gasteiger partial charge on any atom is -0.370 e. The number of anilines is 1. The van der Waals surface area contributed by atoms with Gasteiger partial charge < -0.3 is 9.80 Å². The Morgan fingerprint density at radius 2 is 1.57 bits per heavy atom. The van der Waals surface area contributed by atoms with Gasteiger partial charge in [-0.3, -0.25) is 4.98 Å². The van der Waals surface area contributed by atoms with Gasteiger partial charge in [0.2, 0.25) is 0 Å². The zero-order valence-electron chi connectivity index (χ0n) is 17.0. The van der Waals surface area contributed by atoms with Gasteiger partial charge in [0.25, 0.3) is 0 Å². The van der Waals surface area contributed by atoms with Crippen molar-refractivity contribution in [3.8, 4) is 0 Å². The van der Waals surface area contributed by atoms with E-state index in [0.717, 1.165) is 24.9 Å². The Hall–Kier alpha value is -1.87. The van der Waals surface area contributed by atoms with Crippen LogP contribution in [-0.4, -0.2) is 42.6 Å². The maximum Gasteiger partial charge on any atom is 0.0366 e. The predicted octanol–water partition coefficient (Wildman–Crippen LogP) is 5.06. The van der Waals surface area contributed by atoms with E-state index in [1.807, 2.05) is 18.5 Å². The lowest BCUT2D eigenvalue weighted by Gasteiger charge is -2.41. The van der Waals surface area contributed by atoms with Crippen LogP contribution in [0.1, 0.15) is 61.5 Å². The van der Waals surface area contributed by atoms with Gasteiger partial charge in [-0.2, -0.15) is 0 Å². The molecular formula is C25H33N3. The zero-order chi connectivity index (χ0) is 18.8. The fraction of sp³-hybridized carbons (Fsp3) is 0.560. The molecule has 3 nitrogen and oxygen atoms in total. The smallest absolute Gasteiger partial charge is 0.0366 e. The van der Waals surface area contributed by atoms with E-state index in [1.165, 1.54) is 69.4 Å². The van der Waals surface area contributed by atoms with Crippen LogP contribution in [0.4, 0.5) is 5.69 Å². The Kier molecular flexibility index (Phi) is 5.35. The highest BCUT2D eigenvalue weighted by Crippen LogP contribution is 2.34. The average Bonchev–Trinajstić information content (AvgIpc) is 3.22. The molecule has 2 aromatic rings. The second-order valence-electron chi connectivity index (χ2n) is 9.21. The van der Waals surface area contributed by atoms with Gasteiger partial charge >= 0.3 is 0 Å². The van der Waals surface area contributed by atoms with Gasteiger partial charge in [-0.05, 0) is 79.9 Å². The summed E-state index contributed by atoms with van der Waals surface area (Å²) in [5.74, 6) is 2.38. The van der Waals surface area contributed by atoms with Crippen molar-refractivity contribution < 1.29 is 0 Å². The molecule has 5 rings (SSSR count). The van der Waals surface area contributed by atoms with E-state index in [2.05, 4.69) is 45.1 Å². The molecule has 0 N–H and O–H groups in total. The van der Waals surface area contributed by atoms with E-state index < -0.39 is 0 Å². The van der Waals surface area contributed by atoms with Crippen LogP contribution in [0.3, 0.4) is 0 Å².